The maximum absolute atomic E-state index is 9.48. The van der Waals surface area contributed by atoms with E-state index in [0.29, 0.717) is 6.42 Å². The third-order valence-corrected chi connectivity index (χ3v) is 4.01. The van der Waals surface area contributed by atoms with Crippen LogP contribution in [0.4, 0.5) is 0 Å². The number of rotatable bonds is 8. The summed E-state index contributed by atoms with van der Waals surface area (Å²) in [5.41, 5.74) is -0.264. The smallest absolute Gasteiger partial charge is 0.106 e. The van der Waals surface area contributed by atoms with Gasteiger partial charge in [-0.25, -0.2) is 0 Å². The highest BCUT2D eigenvalue weighted by molar-refractivity contribution is 4.77. The molecule has 0 radical (unpaired) electrons. The largest absolute Gasteiger partial charge is 0.396 e. The quantitative estimate of drug-likeness (QED) is 0.458. The van der Waals surface area contributed by atoms with Crippen LogP contribution >= 0.6 is 0 Å². The van der Waals surface area contributed by atoms with Gasteiger partial charge in [0.2, 0.25) is 0 Å². The summed E-state index contributed by atoms with van der Waals surface area (Å²) in [6, 6.07) is 0. The third-order valence-electron chi connectivity index (χ3n) is 4.01. The van der Waals surface area contributed by atoms with Crippen LogP contribution in [0.2, 0.25) is 0 Å². The van der Waals surface area contributed by atoms with E-state index in [2.05, 4.69) is 0 Å². The second-order valence-electron chi connectivity index (χ2n) is 5.82. The van der Waals surface area contributed by atoms with Crippen LogP contribution in [0.15, 0.2) is 0 Å². The van der Waals surface area contributed by atoms with Crippen molar-refractivity contribution in [2.45, 2.75) is 72.2 Å². The lowest BCUT2D eigenvalue weighted by atomic mass is 9.90. The van der Waals surface area contributed by atoms with Gasteiger partial charge in [-0.05, 0) is 18.8 Å². The SMILES string of the molecule is CCC(C)(CO)CO.CCC(C)C(O)C(O)C(O)CC. The average Bonchev–Trinajstić information content (AvgIpc) is 2.51. The second kappa shape index (κ2) is 11.5. The predicted octanol–water partition coefficient (Wildman–Crippen LogP) is 0.912. The minimum absolute atomic E-state index is 0.0289. The van der Waals surface area contributed by atoms with E-state index in [1.165, 1.54) is 0 Å². The molecule has 124 valence electrons. The van der Waals surface area contributed by atoms with Crippen LogP contribution < -0.4 is 0 Å². The maximum atomic E-state index is 9.48. The summed E-state index contributed by atoms with van der Waals surface area (Å²) in [6.07, 6.45) is -0.549. The molecule has 0 amide bonds. The number of hydrogen-bond donors (Lipinski definition) is 5. The van der Waals surface area contributed by atoms with Gasteiger partial charge in [0, 0.05) is 5.41 Å². The molecule has 0 aromatic rings. The van der Waals surface area contributed by atoms with Crippen molar-refractivity contribution in [3.05, 3.63) is 0 Å². The minimum Gasteiger partial charge on any atom is -0.396 e. The molecule has 0 aliphatic heterocycles. The molecule has 4 unspecified atom stereocenters. The standard InChI is InChI=1S/C9H20O3.C6H14O2/c1-4-6(3)8(11)9(12)7(10)5-2;1-3-6(2,4-7)5-8/h6-12H,4-5H2,1-3H3;7-8H,3-5H2,1-2H3. The molecule has 0 aromatic heterocycles. The Bertz CT molecular complexity index is 196. The average molecular weight is 294 g/mol. The first-order valence-electron chi connectivity index (χ1n) is 7.48. The highest BCUT2D eigenvalue weighted by Crippen LogP contribution is 2.17. The summed E-state index contributed by atoms with van der Waals surface area (Å²) in [7, 11) is 0. The van der Waals surface area contributed by atoms with Gasteiger partial charge in [0.1, 0.15) is 6.10 Å². The van der Waals surface area contributed by atoms with Crippen LogP contribution in [0.3, 0.4) is 0 Å². The summed E-state index contributed by atoms with van der Waals surface area (Å²) >= 11 is 0. The van der Waals surface area contributed by atoms with Crippen molar-refractivity contribution in [1.29, 1.82) is 0 Å². The van der Waals surface area contributed by atoms with E-state index in [9.17, 15) is 15.3 Å². The summed E-state index contributed by atoms with van der Waals surface area (Å²) < 4.78 is 0. The zero-order valence-corrected chi connectivity index (χ0v) is 13.6. The van der Waals surface area contributed by atoms with Crippen LogP contribution in [-0.4, -0.2) is 57.1 Å². The molecular weight excluding hydrogens is 260 g/mol. The summed E-state index contributed by atoms with van der Waals surface area (Å²) in [5.74, 6) is 0.0289. The fourth-order valence-corrected chi connectivity index (χ4v) is 1.32. The number of aliphatic hydroxyl groups excluding tert-OH is 5. The topological polar surface area (TPSA) is 101 Å². The van der Waals surface area contributed by atoms with E-state index >= 15 is 0 Å². The molecule has 4 atom stereocenters. The fraction of sp³-hybridized carbons (Fsp3) is 1.00. The lowest BCUT2D eigenvalue weighted by Gasteiger charge is -2.25. The molecule has 0 rings (SSSR count). The van der Waals surface area contributed by atoms with Crippen LogP contribution in [0.1, 0.15) is 53.9 Å². The molecule has 5 heteroatoms. The van der Waals surface area contributed by atoms with Crippen molar-refractivity contribution in [2.24, 2.45) is 11.3 Å². The van der Waals surface area contributed by atoms with Gasteiger partial charge in [0.05, 0.1) is 25.4 Å². The lowest BCUT2D eigenvalue weighted by molar-refractivity contribution is -0.0792. The highest BCUT2D eigenvalue weighted by Gasteiger charge is 2.26. The van der Waals surface area contributed by atoms with Crippen molar-refractivity contribution in [3.63, 3.8) is 0 Å². The van der Waals surface area contributed by atoms with E-state index in [0.717, 1.165) is 12.8 Å². The van der Waals surface area contributed by atoms with Crippen LogP contribution in [0.5, 0.6) is 0 Å². The molecule has 0 aliphatic carbocycles. The Kier molecular flexibility index (Phi) is 12.7. The van der Waals surface area contributed by atoms with Crippen molar-refractivity contribution in [1.82, 2.24) is 0 Å². The highest BCUT2D eigenvalue weighted by atomic mass is 16.4. The lowest BCUT2D eigenvalue weighted by Crippen LogP contribution is -2.40. The van der Waals surface area contributed by atoms with Gasteiger partial charge in [-0.2, -0.15) is 0 Å². The van der Waals surface area contributed by atoms with Gasteiger partial charge in [-0.3, -0.25) is 0 Å². The van der Waals surface area contributed by atoms with E-state index in [-0.39, 0.29) is 24.5 Å². The Morgan fingerprint density at radius 2 is 1.30 bits per heavy atom. The van der Waals surface area contributed by atoms with Crippen molar-refractivity contribution >= 4 is 0 Å². The molecule has 0 fully saturated rings. The Morgan fingerprint density at radius 3 is 1.50 bits per heavy atom. The first kappa shape index (κ1) is 22.1. The van der Waals surface area contributed by atoms with Gasteiger partial charge in [0.15, 0.2) is 0 Å². The van der Waals surface area contributed by atoms with Gasteiger partial charge in [-0.1, -0.05) is 41.0 Å². The molecule has 0 heterocycles. The maximum Gasteiger partial charge on any atom is 0.106 e. The van der Waals surface area contributed by atoms with Gasteiger partial charge in [0.25, 0.3) is 0 Å². The summed E-state index contributed by atoms with van der Waals surface area (Å²) in [5, 5.41) is 45.3. The Labute approximate surface area is 123 Å². The Morgan fingerprint density at radius 1 is 0.850 bits per heavy atom. The molecule has 20 heavy (non-hydrogen) atoms. The minimum atomic E-state index is -1.01. The molecule has 0 aromatic carbocycles. The normalized spacial score (nSPS) is 17.7. The van der Waals surface area contributed by atoms with Crippen molar-refractivity contribution in [2.75, 3.05) is 13.2 Å². The zero-order valence-electron chi connectivity index (χ0n) is 13.6. The van der Waals surface area contributed by atoms with E-state index in [1.54, 1.807) is 6.92 Å². The predicted molar refractivity (Wildman–Crippen MR) is 80.3 cm³/mol. The van der Waals surface area contributed by atoms with Gasteiger partial charge < -0.3 is 25.5 Å². The monoisotopic (exact) mass is 294 g/mol. The van der Waals surface area contributed by atoms with Crippen LogP contribution in [-0.2, 0) is 0 Å². The van der Waals surface area contributed by atoms with Gasteiger partial charge in [-0.15, -0.1) is 0 Å². The molecule has 0 spiro atoms. The Hall–Kier alpha value is -0.200. The zero-order chi connectivity index (χ0) is 16.3. The second-order valence-corrected chi connectivity index (χ2v) is 5.82. The Balaban J connectivity index is 0. The third kappa shape index (κ3) is 8.17. The fourth-order valence-electron chi connectivity index (χ4n) is 1.32. The molecule has 0 saturated heterocycles. The number of aliphatic hydroxyl groups is 5. The van der Waals surface area contributed by atoms with E-state index in [4.69, 9.17) is 10.2 Å². The van der Waals surface area contributed by atoms with E-state index < -0.39 is 18.3 Å². The molecule has 0 aliphatic rings. The molecule has 0 bridgehead atoms. The summed E-state index contributed by atoms with van der Waals surface area (Å²) in [6.45, 7) is 9.52. The molecule has 5 N–H and O–H groups in total. The first-order valence-corrected chi connectivity index (χ1v) is 7.48. The number of hydrogen-bond acceptors (Lipinski definition) is 5. The molecule has 0 saturated carbocycles. The van der Waals surface area contributed by atoms with Crippen LogP contribution in [0.25, 0.3) is 0 Å². The van der Waals surface area contributed by atoms with E-state index in [1.807, 2.05) is 27.7 Å². The summed E-state index contributed by atoms with van der Waals surface area (Å²) in [4.78, 5) is 0. The van der Waals surface area contributed by atoms with Crippen molar-refractivity contribution in [3.8, 4) is 0 Å². The van der Waals surface area contributed by atoms with Crippen molar-refractivity contribution < 1.29 is 25.5 Å². The first-order chi connectivity index (χ1) is 9.22. The van der Waals surface area contributed by atoms with Crippen LogP contribution in [0, 0.1) is 11.3 Å². The van der Waals surface area contributed by atoms with Gasteiger partial charge >= 0.3 is 0 Å². The molecular formula is C15H34O5. The molecule has 5 nitrogen and oxygen atoms in total.